The van der Waals surface area contributed by atoms with E-state index in [1.165, 1.54) is 18.3 Å². The molecule has 84 valence electrons. The molecule has 3 nitrogen and oxygen atoms in total. The average Bonchev–Trinajstić information content (AvgIpc) is 2.67. The van der Waals surface area contributed by atoms with Crippen LogP contribution in [0.2, 0.25) is 0 Å². The Kier molecular flexibility index (Phi) is 2.94. The highest BCUT2D eigenvalue weighted by molar-refractivity contribution is 7.18. The Hall–Kier alpha value is -2.12. The van der Waals surface area contributed by atoms with Gasteiger partial charge in [0.15, 0.2) is 5.78 Å². The van der Waals surface area contributed by atoms with Gasteiger partial charge in [0, 0.05) is 5.56 Å². The van der Waals surface area contributed by atoms with Crippen molar-refractivity contribution in [1.29, 1.82) is 5.26 Å². The van der Waals surface area contributed by atoms with E-state index in [2.05, 4.69) is 6.07 Å². The van der Waals surface area contributed by atoms with Crippen LogP contribution in [0.25, 0.3) is 11.1 Å². The minimum atomic E-state index is -0.0675. The first-order valence-corrected chi connectivity index (χ1v) is 5.85. The Morgan fingerprint density at radius 1 is 1.35 bits per heavy atom. The minimum absolute atomic E-state index is 0.0675. The van der Waals surface area contributed by atoms with Gasteiger partial charge in [-0.25, -0.2) is 0 Å². The number of nitrogens with zero attached hydrogens (tertiary/aromatic N) is 1. The molecular formula is C13H10N2OS. The van der Waals surface area contributed by atoms with Crippen molar-refractivity contribution >= 4 is 22.1 Å². The summed E-state index contributed by atoms with van der Waals surface area (Å²) in [4.78, 5) is 12.1. The second-order valence-corrected chi connectivity index (χ2v) is 4.63. The van der Waals surface area contributed by atoms with Gasteiger partial charge in [-0.15, -0.1) is 11.3 Å². The van der Waals surface area contributed by atoms with Crippen LogP contribution in [-0.4, -0.2) is 5.78 Å². The second-order valence-electron chi connectivity index (χ2n) is 3.58. The molecule has 2 N–H and O–H groups in total. The first-order chi connectivity index (χ1) is 8.15. The summed E-state index contributed by atoms with van der Waals surface area (Å²) in [6, 6.07) is 11.4. The molecule has 0 atom stereocenters. The maximum Gasteiger partial charge on any atom is 0.170 e. The Bertz CT molecular complexity index is 608. The number of rotatable bonds is 2. The summed E-state index contributed by atoms with van der Waals surface area (Å²) < 4.78 is 0. The van der Waals surface area contributed by atoms with Crippen molar-refractivity contribution in [3.63, 3.8) is 0 Å². The van der Waals surface area contributed by atoms with E-state index in [4.69, 9.17) is 11.0 Å². The zero-order valence-electron chi connectivity index (χ0n) is 9.23. The van der Waals surface area contributed by atoms with Gasteiger partial charge in [-0.1, -0.05) is 30.3 Å². The molecule has 2 rings (SSSR count). The van der Waals surface area contributed by atoms with Crippen molar-refractivity contribution in [2.75, 3.05) is 5.73 Å². The number of nitriles is 1. The van der Waals surface area contributed by atoms with Gasteiger partial charge in [0.2, 0.25) is 0 Å². The van der Waals surface area contributed by atoms with E-state index in [1.807, 2.05) is 30.3 Å². The highest BCUT2D eigenvalue weighted by Gasteiger charge is 2.20. The third-order valence-corrected chi connectivity index (χ3v) is 3.55. The molecule has 0 aliphatic rings. The largest absolute Gasteiger partial charge is 0.389 e. The zero-order valence-corrected chi connectivity index (χ0v) is 10.0. The van der Waals surface area contributed by atoms with Crippen molar-refractivity contribution in [3.05, 3.63) is 40.8 Å². The van der Waals surface area contributed by atoms with Crippen LogP contribution < -0.4 is 5.73 Å². The predicted octanol–water partition coefficient (Wildman–Crippen LogP) is 3.07. The number of Topliss-reactive ketones (excluding diaryl/α,β-unsaturated/α-hetero) is 1. The highest BCUT2D eigenvalue weighted by Crippen LogP contribution is 2.38. The number of carbonyl (C=O) groups is 1. The minimum Gasteiger partial charge on any atom is -0.389 e. The number of nitrogens with two attached hydrogens (primary N) is 1. The predicted molar refractivity (Wildman–Crippen MR) is 68.9 cm³/mol. The maximum atomic E-state index is 11.6. The number of nitrogen functional groups attached to an aromatic ring is 1. The van der Waals surface area contributed by atoms with Crippen LogP contribution >= 0.6 is 11.3 Å². The fraction of sp³-hybridized carbons (Fsp3) is 0.0769. The van der Waals surface area contributed by atoms with Crippen LogP contribution in [0.1, 0.15) is 22.2 Å². The zero-order chi connectivity index (χ0) is 12.4. The molecule has 17 heavy (non-hydrogen) atoms. The van der Waals surface area contributed by atoms with E-state index in [0.717, 1.165) is 5.56 Å². The van der Waals surface area contributed by atoms with Crippen LogP contribution in [0, 0.1) is 11.3 Å². The summed E-state index contributed by atoms with van der Waals surface area (Å²) in [7, 11) is 0. The molecule has 2 aromatic rings. The van der Waals surface area contributed by atoms with E-state index >= 15 is 0 Å². The molecule has 0 radical (unpaired) electrons. The topological polar surface area (TPSA) is 66.9 Å². The lowest BCUT2D eigenvalue weighted by Crippen LogP contribution is -1.92. The quantitative estimate of drug-likeness (QED) is 0.823. The third-order valence-electron chi connectivity index (χ3n) is 2.43. The number of ketones is 1. The van der Waals surface area contributed by atoms with Gasteiger partial charge in [0.25, 0.3) is 0 Å². The molecule has 0 aliphatic heterocycles. The van der Waals surface area contributed by atoms with Crippen LogP contribution in [0.5, 0.6) is 0 Å². The van der Waals surface area contributed by atoms with Gasteiger partial charge >= 0.3 is 0 Å². The first-order valence-electron chi connectivity index (χ1n) is 5.04. The molecule has 0 fully saturated rings. The number of carbonyl (C=O) groups excluding carboxylic acids is 1. The molecule has 1 aromatic carbocycles. The van der Waals surface area contributed by atoms with Crippen molar-refractivity contribution in [3.8, 4) is 17.2 Å². The van der Waals surface area contributed by atoms with E-state index < -0.39 is 0 Å². The van der Waals surface area contributed by atoms with Crippen LogP contribution in [0.15, 0.2) is 30.3 Å². The van der Waals surface area contributed by atoms with Crippen LogP contribution in [-0.2, 0) is 0 Å². The van der Waals surface area contributed by atoms with Gasteiger partial charge in [-0.05, 0) is 12.5 Å². The summed E-state index contributed by atoms with van der Waals surface area (Å²) in [5, 5.41) is 9.52. The van der Waals surface area contributed by atoms with Gasteiger partial charge in [-0.2, -0.15) is 5.26 Å². The number of hydrogen-bond acceptors (Lipinski definition) is 4. The van der Waals surface area contributed by atoms with Crippen LogP contribution in [0.3, 0.4) is 0 Å². The van der Waals surface area contributed by atoms with Crippen LogP contribution in [0.4, 0.5) is 5.00 Å². The lowest BCUT2D eigenvalue weighted by Gasteiger charge is -2.01. The number of anilines is 1. The molecule has 1 heterocycles. The van der Waals surface area contributed by atoms with Gasteiger partial charge in [0.1, 0.15) is 11.1 Å². The second kappa shape index (κ2) is 4.40. The molecule has 0 amide bonds. The van der Waals surface area contributed by atoms with Gasteiger partial charge in [-0.3, -0.25) is 4.79 Å². The van der Waals surface area contributed by atoms with E-state index in [9.17, 15) is 4.79 Å². The maximum absolute atomic E-state index is 11.6. The van der Waals surface area contributed by atoms with Crippen molar-refractivity contribution in [2.45, 2.75) is 6.92 Å². The van der Waals surface area contributed by atoms with Crippen molar-refractivity contribution in [2.24, 2.45) is 0 Å². The first kappa shape index (κ1) is 11.4. The Balaban J connectivity index is 2.76. The standard InChI is InChI=1S/C13H10N2OS/c1-8(16)12-11(9-5-3-2-4-6-9)10(7-14)13(15)17-12/h2-6H,15H2,1H3. The molecule has 0 aliphatic carbocycles. The van der Waals surface area contributed by atoms with Gasteiger partial charge < -0.3 is 5.73 Å². The molecule has 0 saturated carbocycles. The monoisotopic (exact) mass is 242 g/mol. The highest BCUT2D eigenvalue weighted by atomic mass is 32.1. The molecular weight excluding hydrogens is 232 g/mol. The van der Waals surface area contributed by atoms with E-state index in [-0.39, 0.29) is 5.78 Å². The van der Waals surface area contributed by atoms with Crippen molar-refractivity contribution < 1.29 is 4.79 Å². The van der Waals surface area contributed by atoms with E-state index in [0.29, 0.717) is 21.0 Å². The summed E-state index contributed by atoms with van der Waals surface area (Å²) >= 11 is 1.17. The Labute approximate surface area is 103 Å². The average molecular weight is 242 g/mol. The SMILES string of the molecule is CC(=O)c1sc(N)c(C#N)c1-c1ccccc1. The lowest BCUT2D eigenvalue weighted by atomic mass is 10.0. The third kappa shape index (κ3) is 1.93. The summed E-state index contributed by atoms with van der Waals surface area (Å²) in [6.45, 7) is 1.48. The lowest BCUT2D eigenvalue weighted by molar-refractivity contribution is 0.102. The fourth-order valence-electron chi connectivity index (χ4n) is 1.69. The fourth-order valence-corrected chi connectivity index (χ4v) is 2.62. The Morgan fingerprint density at radius 3 is 2.53 bits per heavy atom. The van der Waals surface area contributed by atoms with E-state index in [1.54, 1.807) is 0 Å². The Morgan fingerprint density at radius 2 is 2.00 bits per heavy atom. The normalized spacial score (nSPS) is 9.88. The molecule has 0 bridgehead atoms. The number of thiophene rings is 1. The molecule has 0 saturated heterocycles. The molecule has 0 spiro atoms. The molecule has 4 heteroatoms. The van der Waals surface area contributed by atoms with Crippen molar-refractivity contribution in [1.82, 2.24) is 0 Å². The van der Waals surface area contributed by atoms with Gasteiger partial charge in [0.05, 0.1) is 10.4 Å². The summed E-state index contributed by atoms with van der Waals surface area (Å²) in [5.41, 5.74) is 7.67. The number of benzene rings is 1. The molecule has 0 unspecified atom stereocenters. The summed E-state index contributed by atoms with van der Waals surface area (Å²) in [5.74, 6) is -0.0675. The molecule has 1 aromatic heterocycles. The number of hydrogen-bond donors (Lipinski definition) is 1. The summed E-state index contributed by atoms with van der Waals surface area (Å²) in [6.07, 6.45) is 0. The smallest absolute Gasteiger partial charge is 0.170 e.